The van der Waals surface area contributed by atoms with Gasteiger partial charge in [0.1, 0.15) is 0 Å². The number of pyridine rings is 1. The quantitative estimate of drug-likeness (QED) is 0.669. The monoisotopic (exact) mass is 355 g/mol. The van der Waals surface area contributed by atoms with Crippen molar-refractivity contribution < 1.29 is 4.79 Å². The highest BCUT2D eigenvalue weighted by atomic mass is 32.2. The molecule has 24 heavy (non-hydrogen) atoms. The standard InChI is InChI=1S/C18H17N3OS2/c1-13(15-3-2-8-19-9-15)21-18(22)14-4-6-17(7-5-14)24-11-16-10-23-12-20-16/h2-10,12-13H,11H2,1H3,(H,21,22)/t13-/m1/s1. The summed E-state index contributed by atoms with van der Waals surface area (Å²) in [5.41, 5.74) is 4.56. The topological polar surface area (TPSA) is 54.9 Å². The van der Waals surface area contributed by atoms with E-state index in [1.165, 1.54) is 0 Å². The van der Waals surface area contributed by atoms with Crippen LogP contribution in [0.1, 0.15) is 34.6 Å². The molecule has 1 N–H and O–H groups in total. The Bertz CT molecular complexity index is 774. The number of thioether (sulfide) groups is 1. The lowest BCUT2D eigenvalue weighted by Gasteiger charge is -2.14. The first-order valence-electron chi connectivity index (χ1n) is 7.53. The number of nitrogens with one attached hydrogen (secondary N) is 1. The van der Waals surface area contributed by atoms with Gasteiger partial charge in [0, 0.05) is 34.0 Å². The minimum absolute atomic E-state index is 0.0788. The number of carbonyl (C=O) groups excluding carboxylic acids is 1. The lowest BCUT2D eigenvalue weighted by molar-refractivity contribution is 0.0940. The summed E-state index contributed by atoms with van der Waals surface area (Å²) in [7, 11) is 0. The van der Waals surface area contributed by atoms with Crippen molar-refractivity contribution in [3.8, 4) is 0 Å². The van der Waals surface area contributed by atoms with Gasteiger partial charge in [0.05, 0.1) is 17.2 Å². The third-order valence-corrected chi connectivity index (χ3v) is 5.20. The maximum Gasteiger partial charge on any atom is 0.251 e. The van der Waals surface area contributed by atoms with Crippen molar-refractivity contribution in [2.45, 2.75) is 23.6 Å². The lowest BCUT2D eigenvalue weighted by atomic mass is 10.1. The van der Waals surface area contributed by atoms with E-state index in [1.54, 1.807) is 35.5 Å². The summed E-state index contributed by atoms with van der Waals surface area (Å²) in [4.78, 5) is 21.8. The molecule has 0 bridgehead atoms. The number of nitrogens with zero attached hydrogens (tertiary/aromatic N) is 2. The predicted octanol–water partition coefficient (Wildman–Crippen LogP) is 4.32. The normalized spacial score (nSPS) is 11.9. The van der Waals surface area contributed by atoms with Gasteiger partial charge in [-0.25, -0.2) is 4.98 Å². The summed E-state index contributed by atoms with van der Waals surface area (Å²) in [6.07, 6.45) is 3.49. The fourth-order valence-electron chi connectivity index (χ4n) is 2.16. The first-order valence-corrected chi connectivity index (χ1v) is 9.46. The Morgan fingerprint density at radius 3 is 2.79 bits per heavy atom. The fraction of sp³-hybridized carbons (Fsp3) is 0.167. The van der Waals surface area contributed by atoms with E-state index < -0.39 is 0 Å². The zero-order valence-corrected chi connectivity index (χ0v) is 14.8. The van der Waals surface area contributed by atoms with Crippen LogP contribution in [-0.2, 0) is 5.75 Å². The first kappa shape index (κ1) is 16.7. The van der Waals surface area contributed by atoms with Crippen LogP contribution in [0, 0.1) is 0 Å². The second-order valence-corrected chi connectivity index (χ2v) is 7.04. The van der Waals surface area contributed by atoms with Crippen molar-refractivity contribution in [2.75, 3.05) is 0 Å². The molecular weight excluding hydrogens is 338 g/mol. The molecule has 0 aliphatic heterocycles. The molecule has 6 heteroatoms. The van der Waals surface area contributed by atoms with E-state index in [0.29, 0.717) is 5.56 Å². The average Bonchev–Trinajstić information content (AvgIpc) is 3.14. The molecule has 1 amide bonds. The van der Waals surface area contributed by atoms with Gasteiger partial charge in [0.15, 0.2) is 0 Å². The van der Waals surface area contributed by atoms with Gasteiger partial charge in [0.25, 0.3) is 5.91 Å². The van der Waals surface area contributed by atoms with Crippen LogP contribution in [0.5, 0.6) is 0 Å². The van der Waals surface area contributed by atoms with Gasteiger partial charge in [0.2, 0.25) is 0 Å². The van der Waals surface area contributed by atoms with Crippen LogP contribution >= 0.6 is 23.1 Å². The summed E-state index contributed by atoms with van der Waals surface area (Å²) >= 11 is 3.32. The average molecular weight is 355 g/mol. The van der Waals surface area contributed by atoms with Crippen molar-refractivity contribution in [1.29, 1.82) is 0 Å². The van der Waals surface area contributed by atoms with E-state index in [1.807, 2.05) is 48.8 Å². The highest BCUT2D eigenvalue weighted by Crippen LogP contribution is 2.23. The molecule has 0 saturated heterocycles. The zero-order valence-electron chi connectivity index (χ0n) is 13.2. The van der Waals surface area contributed by atoms with Crippen LogP contribution < -0.4 is 5.32 Å². The Labute approximate surface area is 149 Å². The van der Waals surface area contributed by atoms with Crippen molar-refractivity contribution in [1.82, 2.24) is 15.3 Å². The van der Waals surface area contributed by atoms with Crippen LogP contribution in [0.2, 0.25) is 0 Å². The highest BCUT2D eigenvalue weighted by molar-refractivity contribution is 7.98. The lowest BCUT2D eigenvalue weighted by Crippen LogP contribution is -2.26. The largest absolute Gasteiger partial charge is 0.345 e. The van der Waals surface area contributed by atoms with E-state index in [9.17, 15) is 4.79 Å². The Morgan fingerprint density at radius 2 is 2.12 bits per heavy atom. The number of aromatic nitrogens is 2. The minimum Gasteiger partial charge on any atom is -0.345 e. The number of thiazole rings is 1. The minimum atomic E-state index is -0.0811. The smallest absolute Gasteiger partial charge is 0.251 e. The zero-order chi connectivity index (χ0) is 16.8. The Hall–Kier alpha value is -2.18. The second-order valence-electron chi connectivity index (χ2n) is 5.27. The van der Waals surface area contributed by atoms with E-state index in [-0.39, 0.29) is 11.9 Å². The SMILES string of the molecule is C[C@@H](NC(=O)c1ccc(SCc2cscn2)cc1)c1cccnc1. The number of amides is 1. The van der Waals surface area contributed by atoms with Crippen molar-refractivity contribution >= 4 is 29.0 Å². The molecule has 0 spiro atoms. The third kappa shape index (κ3) is 4.43. The molecule has 3 aromatic rings. The van der Waals surface area contributed by atoms with Gasteiger partial charge in [-0.1, -0.05) is 6.07 Å². The number of benzene rings is 1. The Morgan fingerprint density at radius 1 is 1.29 bits per heavy atom. The molecule has 0 unspecified atom stereocenters. The Balaban J connectivity index is 1.57. The number of carbonyl (C=O) groups is 1. The molecule has 0 radical (unpaired) electrons. The van der Waals surface area contributed by atoms with Gasteiger partial charge in [-0.3, -0.25) is 9.78 Å². The van der Waals surface area contributed by atoms with Gasteiger partial charge in [-0.05, 0) is 42.8 Å². The van der Waals surface area contributed by atoms with Gasteiger partial charge < -0.3 is 5.32 Å². The van der Waals surface area contributed by atoms with Gasteiger partial charge in [-0.15, -0.1) is 23.1 Å². The van der Waals surface area contributed by atoms with E-state index in [2.05, 4.69) is 20.7 Å². The van der Waals surface area contributed by atoms with Crippen LogP contribution in [0.4, 0.5) is 0 Å². The molecule has 2 aromatic heterocycles. The van der Waals surface area contributed by atoms with Crippen molar-refractivity contribution in [2.24, 2.45) is 0 Å². The predicted molar refractivity (Wildman–Crippen MR) is 98.2 cm³/mol. The van der Waals surface area contributed by atoms with Crippen molar-refractivity contribution in [3.05, 3.63) is 76.5 Å². The highest BCUT2D eigenvalue weighted by Gasteiger charge is 2.11. The molecule has 1 atom stereocenters. The molecule has 3 rings (SSSR count). The summed E-state index contributed by atoms with van der Waals surface area (Å²) < 4.78 is 0. The molecule has 0 aliphatic carbocycles. The number of hydrogen-bond acceptors (Lipinski definition) is 5. The maximum atomic E-state index is 12.3. The van der Waals surface area contributed by atoms with Crippen LogP contribution in [0.25, 0.3) is 0 Å². The third-order valence-electron chi connectivity index (χ3n) is 3.52. The van der Waals surface area contributed by atoms with Crippen LogP contribution in [0.15, 0.2) is 64.6 Å². The van der Waals surface area contributed by atoms with Gasteiger partial charge in [-0.2, -0.15) is 0 Å². The summed E-state index contributed by atoms with van der Waals surface area (Å²) in [6, 6.07) is 11.4. The van der Waals surface area contributed by atoms with E-state index in [0.717, 1.165) is 21.9 Å². The summed E-state index contributed by atoms with van der Waals surface area (Å²) in [5, 5.41) is 5.04. The molecule has 122 valence electrons. The molecule has 0 saturated carbocycles. The second kappa shape index (κ2) is 8.08. The van der Waals surface area contributed by atoms with E-state index in [4.69, 9.17) is 0 Å². The fourth-order valence-corrected chi connectivity index (χ4v) is 3.63. The Kier molecular flexibility index (Phi) is 5.61. The molecule has 0 aliphatic rings. The van der Waals surface area contributed by atoms with E-state index >= 15 is 0 Å². The molecule has 0 fully saturated rings. The first-order chi connectivity index (χ1) is 11.7. The van der Waals surface area contributed by atoms with Crippen LogP contribution in [-0.4, -0.2) is 15.9 Å². The number of hydrogen-bond donors (Lipinski definition) is 1. The molecule has 2 heterocycles. The number of rotatable bonds is 6. The van der Waals surface area contributed by atoms with Crippen LogP contribution in [0.3, 0.4) is 0 Å². The van der Waals surface area contributed by atoms with Gasteiger partial charge >= 0.3 is 0 Å². The van der Waals surface area contributed by atoms with Crippen molar-refractivity contribution in [3.63, 3.8) is 0 Å². The molecule has 4 nitrogen and oxygen atoms in total. The summed E-state index contributed by atoms with van der Waals surface area (Å²) in [6.45, 7) is 1.95. The molecular formula is C18H17N3OS2. The summed E-state index contributed by atoms with van der Waals surface area (Å²) in [5.74, 6) is 0.759. The maximum absolute atomic E-state index is 12.3. The molecule has 1 aromatic carbocycles.